The molecule has 3 nitrogen and oxygen atoms in total. The predicted molar refractivity (Wildman–Crippen MR) is 53.8 cm³/mol. The number of carbonyl (C=O) groups excluding carboxylic acids is 1. The molecule has 0 spiro atoms. The van der Waals surface area contributed by atoms with Gasteiger partial charge in [0.1, 0.15) is 0 Å². The maximum Gasteiger partial charge on any atom is 0.226 e. The van der Waals surface area contributed by atoms with E-state index in [1.54, 1.807) is 27.8 Å². The fourth-order valence-electron chi connectivity index (χ4n) is 1.10. The molecule has 0 fully saturated rings. The molecule has 0 aliphatic rings. The second-order valence-electron chi connectivity index (χ2n) is 4.06. The first-order valence-electron chi connectivity index (χ1n) is 4.31. The maximum absolute atomic E-state index is 11.5. The van der Waals surface area contributed by atoms with Gasteiger partial charge in [0.15, 0.2) is 0 Å². The van der Waals surface area contributed by atoms with Crippen LogP contribution in [0.4, 0.5) is 0 Å². The van der Waals surface area contributed by atoms with E-state index in [-0.39, 0.29) is 11.8 Å². The van der Waals surface area contributed by atoms with Gasteiger partial charge in [0, 0.05) is 25.4 Å². The molecule has 0 rings (SSSR count). The average Bonchev–Trinajstić information content (AvgIpc) is 1.98. The Kier molecular flexibility index (Phi) is 4.71. The van der Waals surface area contributed by atoms with E-state index in [2.05, 4.69) is 0 Å². The summed E-state index contributed by atoms with van der Waals surface area (Å²) in [5.41, 5.74) is -0.851. The van der Waals surface area contributed by atoms with Gasteiger partial charge in [-0.1, -0.05) is 6.92 Å². The number of halogens is 1. The third kappa shape index (κ3) is 5.11. The number of aliphatic hydroxyl groups is 1. The van der Waals surface area contributed by atoms with Gasteiger partial charge in [-0.25, -0.2) is 0 Å². The molecule has 78 valence electrons. The van der Waals surface area contributed by atoms with Crippen molar-refractivity contribution in [2.45, 2.75) is 26.4 Å². The summed E-state index contributed by atoms with van der Waals surface area (Å²) < 4.78 is 0. The summed E-state index contributed by atoms with van der Waals surface area (Å²) in [5, 5.41) is 9.46. The second-order valence-corrected chi connectivity index (χ2v) is 4.37. The van der Waals surface area contributed by atoms with Crippen molar-refractivity contribution in [1.82, 2.24) is 4.90 Å². The van der Waals surface area contributed by atoms with Crippen LogP contribution in [0.3, 0.4) is 0 Å². The Morgan fingerprint density at radius 2 is 2.08 bits per heavy atom. The van der Waals surface area contributed by atoms with Crippen LogP contribution in [-0.2, 0) is 4.79 Å². The van der Waals surface area contributed by atoms with Crippen molar-refractivity contribution in [3.05, 3.63) is 0 Å². The van der Waals surface area contributed by atoms with E-state index in [0.717, 1.165) is 0 Å². The highest BCUT2D eigenvalue weighted by molar-refractivity contribution is 6.19. The zero-order chi connectivity index (χ0) is 10.6. The number of rotatable bonds is 4. The normalized spacial score (nSPS) is 14.0. The third-order valence-corrected chi connectivity index (χ3v) is 2.12. The quantitative estimate of drug-likeness (QED) is 0.702. The van der Waals surface area contributed by atoms with Crippen molar-refractivity contribution in [2.75, 3.05) is 19.5 Å². The van der Waals surface area contributed by atoms with Crippen molar-refractivity contribution in [3.63, 3.8) is 0 Å². The summed E-state index contributed by atoms with van der Waals surface area (Å²) in [6.07, 6.45) is 0. The largest absolute Gasteiger partial charge is 0.389 e. The van der Waals surface area contributed by atoms with E-state index in [1.165, 1.54) is 4.90 Å². The van der Waals surface area contributed by atoms with Crippen molar-refractivity contribution in [2.24, 2.45) is 5.92 Å². The molecule has 0 heterocycles. The first-order chi connectivity index (χ1) is 5.78. The number of alkyl halides is 1. The van der Waals surface area contributed by atoms with Crippen LogP contribution in [0.5, 0.6) is 0 Å². The van der Waals surface area contributed by atoms with E-state index in [1.807, 2.05) is 0 Å². The Balaban J connectivity index is 4.12. The summed E-state index contributed by atoms with van der Waals surface area (Å²) in [5.74, 6) is 0.0980. The SMILES string of the molecule is CC(CCl)C(=O)N(C)CC(C)(C)O. The van der Waals surface area contributed by atoms with E-state index in [9.17, 15) is 9.90 Å². The van der Waals surface area contributed by atoms with Gasteiger partial charge in [0.2, 0.25) is 5.91 Å². The molecule has 1 unspecified atom stereocenters. The zero-order valence-corrected chi connectivity index (χ0v) is 9.43. The van der Waals surface area contributed by atoms with E-state index >= 15 is 0 Å². The van der Waals surface area contributed by atoms with Gasteiger partial charge in [-0.3, -0.25) is 4.79 Å². The van der Waals surface area contributed by atoms with Gasteiger partial charge in [-0.2, -0.15) is 0 Å². The van der Waals surface area contributed by atoms with Gasteiger partial charge in [0.25, 0.3) is 0 Å². The van der Waals surface area contributed by atoms with Gasteiger partial charge >= 0.3 is 0 Å². The summed E-state index contributed by atoms with van der Waals surface area (Å²) in [7, 11) is 1.67. The van der Waals surface area contributed by atoms with Crippen LogP contribution in [0.1, 0.15) is 20.8 Å². The fourth-order valence-corrected chi connectivity index (χ4v) is 1.23. The minimum absolute atomic E-state index is 0.0304. The monoisotopic (exact) mass is 207 g/mol. The molecule has 1 N–H and O–H groups in total. The Morgan fingerprint density at radius 3 is 2.38 bits per heavy atom. The number of amides is 1. The van der Waals surface area contributed by atoms with Crippen molar-refractivity contribution in [3.8, 4) is 0 Å². The summed E-state index contributed by atoms with van der Waals surface area (Å²) in [4.78, 5) is 13.0. The lowest BCUT2D eigenvalue weighted by atomic mass is 10.1. The van der Waals surface area contributed by atoms with Gasteiger partial charge < -0.3 is 10.0 Å². The van der Waals surface area contributed by atoms with E-state index < -0.39 is 5.60 Å². The van der Waals surface area contributed by atoms with Gasteiger partial charge in [0.05, 0.1) is 5.60 Å². The molecule has 0 aromatic rings. The van der Waals surface area contributed by atoms with E-state index in [0.29, 0.717) is 12.4 Å². The number of carbonyl (C=O) groups is 1. The molecular formula is C9H18ClNO2. The lowest BCUT2D eigenvalue weighted by Crippen LogP contribution is -2.42. The standard InChI is InChI=1S/C9H18ClNO2/c1-7(5-10)8(12)11(4)6-9(2,3)13/h7,13H,5-6H2,1-4H3. The Morgan fingerprint density at radius 1 is 1.62 bits per heavy atom. The smallest absolute Gasteiger partial charge is 0.226 e. The molecule has 0 saturated heterocycles. The summed E-state index contributed by atoms with van der Waals surface area (Å²) in [6.45, 7) is 5.44. The molecule has 0 aliphatic heterocycles. The van der Waals surface area contributed by atoms with Gasteiger partial charge in [-0.05, 0) is 13.8 Å². The molecule has 0 radical (unpaired) electrons. The highest BCUT2D eigenvalue weighted by atomic mass is 35.5. The molecule has 1 atom stereocenters. The Labute approximate surface area is 84.7 Å². The Bertz CT molecular complexity index is 177. The van der Waals surface area contributed by atoms with Crippen LogP contribution in [0.15, 0.2) is 0 Å². The fraction of sp³-hybridized carbons (Fsp3) is 0.889. The zero-order valence-electron chi connectivity index (χ0n) is 8.67. The highest BCUT2D eigenvalue weighted by Crippen LogP contribution is 2.08. The molecule has 0 aromatic heterocycles. The first-order valence-corrected chi connectivity index (χ1v) is 4.84. The minimum Gasteiger partial charge on any atom is -0.389 e. The van der Waals surface area contributed by atoms with Crippen LogP contribution in [0.2, 0.25) is 0 Å². The van der Waals surface area contributed by atoms with Crippen LogP contribution in [-0.4, -0.2) is 41.0 Å². The molecule has 0 bridgehead atoms. The maximum atomic E-state index is 11.5. The van der Waals surface area contributed by atoms with Gasteiger partial charge in [-0.15, -0.1) is 11.6 Å². The summed E-state index contributed by atoms with van der Waals surface area (Å²) in [6, 6.07) is 0. The third-order valence-electron chi connectivity index (χ3n) is 1.65. The number of hydrogen-bond donors (Lipinski definition) is 1. The minimum atomic E-state index is -0.851. The van der Waals surface area contributed by atoms with Crippen molar-refractivity contribution in [1.29, 1.82) is 0 Å². The lowest BCUT2D eigenvalue weighted by Gasteiger charge is -2.27. The van der Waals surface area contributed by atoms with E-state index in [4.69, 9.17) is 11.6 Å². The van der Waals surface area contributed by atoms with Crippen LogP contribution in [0, 0.1) is 5.92 Å². The molecule has 0 saturated carbocycles. The van der Waals surface area contributed by atoms with Crippen LogP contribution < -0.4 is 0 Å². The van der Waals surface area contributed by atoms with Crippen LogP contribution in [0.25, 0.3) is 0 Å². The second kappa shape index (κ2) is 4.82. The molecule has 1 amide bonds. The Hall–Kier alpha value is -0.280. The molecule has 0 aliphatic carbocycles. The molecule has 4 heteroatoms. The van der Waals surface area contributed by atoms with Crippen LogP contribution >= 0.6 is 11.6 Å². The topological polar surface area (TPSA) is 40.5 Å². The molecule has 0 aromatic carbocycles. The number of nitrogens with zero attached hydrogens (tertiary/aromatic N) is 1. The predicted octanol–water partition coefficient (Wildman–Crippen LogP) is 1.09. The molecule has 13 heavy (non-hydrogen) atoms. The first kappa shape index (κ1) is 12.7. The number of likely N-dealkylation sites (N-methyl/N-ethyl adjacent to an activating group) is 1. The lowest BCUT2D eigenvalue weighted by molar-refractivity contribution is -0.135. The average molecular weight is 208 g/mol. The molecular weight excluding hydrogens is 190 g/mol. The van der Waals surface area contributed by atoms with Crippen molar-refractivity contribution >= 4 is 17.5 Å². The number of hydrogen-bond acceptors (Lipinski definition) is 2. The highest BCUT2D eigenvalue weighted by Gasteiger charge is 2.22. The van der Waals surface area contributed by atoms with Crippen molar-refractivity contribution < 1.29 is 9.90 Å². The summed E-state index contributed by atoms with van der Waals surface area (Å²) >= 11 is 5.55.